The summed E-state index contributed by atoms with van der Waals surface area (Å²) in [5.41, 5.74) is 5.63. The van der Waals surface area contributed by atoms with E-state index in [0.29, 0.717) is 6.42 Å². The van der Waals surface area contributed by atoms with Crippen LogP contribution in [0, 0.1) is 0 Å². The van der Waals surface area contributed by atoms with Gasteiger partial charge < -0.3 is 5.73 Å². The molecule has 0 aromatic heterocycles. The van der Waals surface area contributed by atoms with Crippen LogP contribution in [0.1, 0.15) is 13.3 Å². The summed E-state index contributed by atoms with van der Waals surface area (Å²) in [5, 5.41) is 0.00419. The van der Waals surface area contributed by atoms with Gasteiger partial charge in [0.25, 0.3) is 0 Å². The van der Waals surface area contributed by atoms with Crippen LogP contribution in [-0.4, -0.2) is 30.7 Å². The zero-order chi connectivity index (χ0) is 15.5. The normalized spacial score (nSPS) is 15.0. The van der Waals surface area contributed by atoms with E-state index in [1.165, 1.54) is 12.1 Å². The quantitative estimate of drug-likeness (QED) is 0.761. The molecule has 1 aromatic rings. The molecular formula is C11H16Cl2N2O3S2. The lowest BCUT2D eigenvalue weighted by atomic mass is 10.3. The molecule has 0 spiro atoms. The molecule has 0 fully saturated rings. The lowest BCUT2D eigenvalue weighted by Gasteiger charge is -2.12. The van der Waals surface area contributed by atoms with E-state index in [1.54, 1.807) is 13.2 Å². The lowest BCUT2D eigenvalue weighted by Crippen LogP contribution is -2.28. The summed E-state index contributed by atoms with van der Waals surface area (Å²) in [6, 6.07) is 2.67. The minimum absolute atomic E-state index is 0.0271. The lowest BCUT2D eigenvalue weighted by molar-refractivity contribution is 0.578. The topological polar surface area (TPSA) is 89.3 Å². The van der Waals surface area contributed by atoms with E-state index in [2.05, 4.69) is 4.72 Å². The predicted molar refractivity (Wildman–Crippen MR) is 84.2 cm³/mol. The highest BCUT2D eigenvalue weighted by molar-refractivity contribution is 7.89. The summed E-state index contributed by atoms with van der Waals surface area (Å²) in [7, 11) is -4.76. The molecule has 2 unspecified atom stereocenters. The van der Waals surface area contributed by atoms with Crippen LogP contribution in [0.5, 0.6) is 0 Å². The Morgan fingerprint density at radius 3 is 2.55 bits per heavy atom. The van der Waals surface area contributed by atoms with E-state index in [0.717, 1.165) is 0 Å². The van der Waals surface area contributed by atoms with Gasteiger partial charge in [-0.15, -0.1) is 0 Å². The highest BCUT2D eigenvalue weighted by atomic mass is 35.5. The Bertz CT molecular complexity index is 620. The Balaban J connectivity index is 2.85. The largest absolute Gasteiger partial charge is 0.396 e. The summed E-state index contributed by atoms with van der Waals surface area (Å²) < 4.78 is 37.8. The molecule has 0 saturated heterocycles. The number of nitrogen functional groups attached to an aromatic ring is 1. The molecule has 0 aliphatic carbocycles. The van der Waals surface area contributed by atoms with Crippen LogP contribution in [0.15, 0.2) is 17.0 Å². The van der Waals surface area contributed by atoms with E-state index in [4.69, 9.17) is 28.9 Å². The van der Waals surface area contributed by atoms with Crippen molar-refractivity contribution < 1.29 is 12.6 Å². The molecule has 0 aliphatic rings. The molecule has 0 bridgehead atoms. The van der Waals surface area contributed by atoms with Crippen molar-refractivity contribution in [2.75, 3.05) is 18.5 Å². The molecule has 5 nitrogen and oxygen atoms in total. The van der Waals surface area contributed by atoms with Gasteiger partial charge in [-0.25, -0.2) is 13.1 Å². The average molecular weight is 359 g/mol. The van der Waals surface area contributed by atoms with E-state index >= 15 is 0 Å². The molecule has 1 rings (SSSR count). The first-order valence-electron chi connectivity index (χ1n) is 5.72. The molecule has 1 aromatic carbocycles. The number of hydrogen-bond donors (Lipinski definition) is 2. The van der Waals surface area contributed by atoms with Crippen molar-refractivity contribution in [2.45, 2.75) is 23.5 Å². The molecule has 2 atom stereocenters. The summed E-state index contributed by atoms with van der Waals surface area (Å²) in [6.45, 7) is 1.96. The Labute approximate surface area is 131 Å². The van der Waals surface area contributed by atoms with Gasteiger partial charge in [-0.2, -0.15) is 0 Å². The number of hydrogen-bond acceptors (Lipinski definition) is 4. The minimum atomic E-state index is -3.77. The van der Waals surface area contributed by atoms with E-state index in [-0.39, 0.29) is 32.4 Å². The average Bonchev–Trinajstić information content (AvgIpc) is 2.35. The minimum Gasteiger partial charge on any atom is -0.396 e. The number of nitrogens with one attached hydrogen (secondary N) is 1. The van der Waals surface area contributed by atoms with Crippen molar-refractivity contribution in [3.05, 3.63) is 22.2 Å². The molecule has 3 N–H and O–H groups in total. The molecule has 114 valence electrons. The standard InChI is InChI=1S/C11H16Cl2N2O3S2/c1-7(19(2)16)5-6-15-20(17,18)9-4-3-8(12)11(14)10(9)13/h3-4,7,15H,5-6,14H2,1-2H3. The monoisotopic (exact) mass is 358 g/mol. The fraction of sp³-hybridized carbons (Fsp3) is 0.455. The summed E-state index contributed by atoms with van der Waals surface area (Å²) in [6.07, 6.45) is 2.04. The molecule has 0 aliphatic heterocycles. The van der Waals surface area contributed by atoms with Crippen molar-refractivity contribution in [2.24, 2.45) is 0 Å². The van der Waals surface area contributed by atoms with Crippen molar-refractivity contribution >= 4 is 49.7 Å². The first kappa shape index (κ1) is 17.7. The smallest absolute Gasteiger partial charge is 0.242 e. The van der Waals surface area contributed by atoms with Crippen LogP contribution >= 0.6 is 23.2 Å². The van der Waals surface area contributed by atoms with Crippen LogP contribution in [0.25, 0.3) is 0 Å². The van der Waals surface area contributed by atoms with Crippen molar-refractivity contribution in [1.29, 1.82) is 0 Å². The fourth-order valence-electron chi connectivity index (χ4n) is 1.40. The van der Waals surface area contributed by atoms with Crippen LogP contribution in [0.3, 0.4) is 0 Å². The molecule has 0 heterocycles. The Morgan fingerprint density at radius 2 is 2.00 bits per heavy atom. The van der Waals surface area contributed by atoms with Gasteiger partial charge in [0.2, 0.25) is 10.0 Å². The van der Waals surface area contributed by atoms with Gasteiger partial charge in [0.15, 0.2) is 0 Å². The second-order valence-electron chi connectivity index (χ2n) is 4.27. The van der Waals surface area contributed by atoms with E-state index in [1.807, 2.05) is 0 Å². The Hall–Kier alpha value is -0.340. The summed E-state index contributed by atoms with van der Waals surface area (Å²) >= 11 is 11.7. The van der Waals surface area contributed by atoms with Crippen LogP contribution in [-0.2, 0) is 20.8 Å². The van der Waals surface area contributed by atoms with Gasteiger partial charge in [-0.05, 0) is 18.6 Å². The summed E-state index contributed by atoms with van der Waals surface area (Å²) in [4.78, 5) is -0.119. The highest BCUT2D eigenvalue weighted by Gasteiger charge is 2.20. The van der Waals surface area contributed by atoms with Gasteiger partial charge in [0.1, 0.15) is 4.90 Å². The van der Waals surface area contributed by atoms with Crippen molar-refractivity contribution in [1.82, 2.24) is 4.72 Å². The van der Waals surface area contributed by atoms with Crippen molar-refractivity contribution in [3.63, 3.8) is 0 Å². The number of rotatable bonds is 6. The van der Waals surface area contributed by atoms with Crippen molar-refractivity contribution in [3.8, 4) is 0 Å². The zero-order valence-electron chi connectivity index (χ0n) is 11.0. The molecule has 20 heavy (non-hydrogen) atoms. The highest BCUT2D eigenvalue weighted by Crippen LogP contribution is 2.32. The first-order chi connectivity index (χ1) is 9.16. The second-order valence-corrected chi connectivity index (χ2v) is 8.59. The van der Waals surface area contributed by atoms with Gasteiger partial charge in [0, 0.05) is 28.9 Å². The summed E-state index contributed by atoms with van der Waals surface area (Å²) in [5.74, 6) is 0. The molecule has 0 saturated carbocycles. The number of nitrogens with two attached hydrogens (primary N) is 1. The fourth-order valence-corrected chi connectivity index (χ4v) is 3.66. The Kier molecular flexibility index (Phi) is 6.27. The molecular weight excluding hydrogens is 343 g/mol. The number of sulfonamides is 1. The molecule has 0 radical (unpaired) electrons. The number of anilines is 1. The SMILES string of the molecule is CC(CCNS(=O)(=O)c1ccc(Cl)c(N)c1Cl)S(C)=O. The predicted octanol–water partition coefficient (Wildman–Crippen LogP) is 2.01. The maximum Gasteiger partial charge on any atom is 0.242 e. The van der Waals surface area contributed by atoms with Gasteiger partial charge in [-0.1, -0.05) is 30.1 Å². The van der Waals surface area contributed by atoms with Crippen LogP contribution in [0.2, 0.25) is 10.0 Å². The van der Waals surface area contributed by atoms with E-state index in [9.17, 15) is 12.6 Å². The zero-order valence-corrected chi connectivity index (χ0v) is 14.2. The Morgan fingerprint density at radius 1 is 1.40 bits per heavy atom. The molecule has 9 heteroatoms. The van der Waals surface area contributed by atoms with Crippen LogP contribution in [0.4, 0.5) is 5.69 Å². The third-order valence-electron chi connectivity index (χ3n) is 2.79. The maximum atomic E-state index is 12.1. The maximum absolute atomic E-state index is 12.1. The van der Waals surface area contributed by atoms with Gasteiger partial charge >= 0.3 is 0 Å². The molecule has 0 amide bonds. The number of halogens is 2. The first-order valence-corrected chi connectivity index (χ1v) is 9.58. The third kappa shape index (κ3) is 4.33. The van der Waals surface area contributed by atoms with Crippen LogP contribution < -0.4 is 10.5 Å². The number of benzene rings is 1. The van der Waals surface area contributed by atoms with Gasteiger partial charge in [-0.3, -0.25) is 4.21 Å². The van der Waals surface area contributed by atoms with E-state index < -0.39 is 20.8 Å². The van der Waals surface area contributed by atoms with Gasteiger partial charge in [0.05, 0.1) is 15.7 Å². The third-order valence-corrected chi connectivity index (χ3v) is 6.51. The second kappa shape index (κ2) is 7.09.